The van der Waals surface area contributed by atoms with E-state index in [2.05, 4.69) is 48.4 Å². The predicted octanol–water partition coefficient (Wildman–Crippen LogP) is 2.42. The Balaban J connectivity index is 2.11. The fourth-order valence-corrected chi connectivity index (χ4v) is 2.00. The van der Waals surface area contributed by atoms with Gasteiger partial charge in [-0.05, 0) is 37.3 Å². The lowest BCUT2D eigenvalue weighted by molar-refractivity contribution is 0.230. The molecule has 0 aliphatic heterocycles. The summed E-state index contributed by atoms with van der Waals surface area (Å²) in [5, 5.41) is 13.7. The standard InChI is InChI=1S/C14H20N2O/c1-14(2,7-9-17)16-10-12-5-3-4-11-6-8-15-13(11)12/h3-6,8,15-17H,7,9-10H2,1-2H3. The molecule has 2 aromatic rings. The van der Waals surface area contributed by atoms with Crippen LogP contribution in [-0.2, 0) is 6.54 Å². The van der Waals surface area contributed by atoms with Gasteiger partial charge in [-0.15, -0.1) is 0 Å². The van der Waals surface area contributed by atoms with E-state index >= 15 is 0 Å². The van der Waals surface area contributed by atoms with Crippen molar-refractivity contribution in [1.29, 1.82) is 0 Å². The highest BCUT2D eigenvalue weighted by atomic mass is 16.3. The molecule has 3 heteroatoms. The molecular formula is C14H20N2O. The lowest BCUT2D eigenvalue weighted by Crippen LogP contribution is -2.39. The first-order valence-electron chi connectivity index (χ1n) is 6.03. The molecule has 3 nitrogen and oxygen atoms in total. The van der Waals surface area contributed by atoms with E-state index in [1.165, 1.54) is 16.5 Å². The SMILES string of the molecule is CC(C)(CCO)NCc1cccc2cc[nH]c12. The van der Waals surface area contributed by atoms with Crippen LogP contribution in [0.5, 0.6) is 0 Å². The highest BCUT2D eigenvalue weighted by Crippen LogP contribution is 2.18. The molecule has 0 atom stereocenters. The van der Waals surface area contributed by atoms with Crippen LogP contribution in [0.1, 0.15) is 25.8 Å². The zero-order valence-corrected chi connectivity index (χ0v) is 10.5. The van der Waals surface area contributed by atoms with Crippen LogP contribution in [0, 0.1) is 0 Å². The van der Waals surface area contributed by atoms with Gasteiger partial charge in [-0.2, -0.15) is 0 Å². The molecule has 0 radical (unpaired) electrons. The number of benzene rings is 1. The summed E-state index contributed by atoms with van der Waals surface area (Å²) in [6.45, 7) is 5.24. The summed E-state index contributed by atoms with van der Waals surface area (Å²) in [5.41, 5.74) is 2.42. The minimum Gasteiger partial charge on any atom is -0.396 e. The van der Waals surface area contributed by atoms with Crippen molar-refractivity contribution in [2.24, 2.45) is 0 Å². The van der Waals surface area contributed by atoms with Gasteiger partial charge in [0.25, 0.3) is 0 Å². The van der Waals surface area contributed by atoms with Crippen molar-refractivity contribution in [1.82, 2.24) is 10.3 Å². The fraction of sp³-hybridized carbons (Fsp3) is 0.429. The molecule has 0 saturated carbocycles. The van der Waals surface area contributed by atoms with Crippen molar-refractivity contribution in [3.05, 3.63) is 36.0 Å². The summed E-state index contributed by atoms with van der Waals surface area (Å²) >= 11 is 0. The molecule has 0 unspecified atom stereocenters. The second kappa shape index (κ2) is 4.90. The number of hydrogen-bond donors (Lipinski definition) is 3. The third-order valence-electron chi connectivity index (χ3n) is 3.17. The number of aliphatic hydroxyl groups is 1. The molecule has 0 bridgehead atoms. The highest BCUT2D eigenvalue weighted by molar-refractivity contribution is 5.82. The molecule has 0 saturated heterocycles. The maximum Gasteiger partial charge on any atom is 0.0499 e. The van der Waals surface area contributed by atoms with Gasteiger partial charge < -0.3 is 15.4 Å². The maximum atomic E-state index is 8.99. The van der Waals surface area contributed by atoms with E-state index in [4.69, 9.17) is 5.11 Å². The molecule has 1 heterocycles. The second-order valence-electron chi connectivity index (χ2n) is 5.07. The van der Waals surface area contributed by atoms with Crippen LogP contribution in [0.25, 0.3) is 10.9 Å². The van der Waals surface area contributed by atoms with E-state index in [0.717, 1.165) is 13.0 Å². The third kappa shape index (κ3) is 2.87. The normalized spacial score (nSPS) is 12.2. The van der Waals surface area contributed by atoms with Crippen LogP contribution in [0.3, 0.4) is 0 Å². The number of rotatable bonds is 5. The van der Waals surface area contributed by atoms with Gasteiger partial charge in [0, 0.05) is 30.4 Å². The number of hydrogen-bond acceptors (Lipinski definition) is 2. The smallest absolute Gasteiger partial charge is 0.0499 e. The average Bonchev–Trinajstić information content (AvgIpc) is 2.74. The molecule has 92 valence electrons. The third-order valence-corrected chi connectivity index (χ3v) is 3.17. The Bertz CT molecular complexity index is 488. The van der Waals surface area contributed by atoms with E-state index in [0.29, 0.717) is 0 Å². The summed E-state index contributed by atoms with van der Waals surface area (Å²) < 4.78 is 0. The summed E-state index contributed by atoms with van der Waals surface area (Å²) in [6, 6.07) is 8.39. The molecular weight excluding hydrogens is 212 g/mol. The van der Waals surface area contributed by atoms with Crippen LogP contribution < -0.4 is 5.32 Å². The van der Waals surface area contributed by atoms with Crippen LogP contribution >= 0.6 is 0 Å². The number of aromatic nitrogens is 1. The molecule has 0 amide bonds. The van der Waals surface area contributed by atoms with Gasteiger partial charge in [-0.3, -0.25) is 0 Å². The minimum absolute atomic E-state index is 0.0382. The van der Waals surface area contributed by atoms with Crippen molar-refractivity contribution in [2.75, 3.05) is 6.61 Å². The number of aromatic amines is 1. The Morgan fingerprint density at radius 1 is 1.29 bits per heavy atom. The van der Waals surface area contributed by atoms with Crippen LogP contribution in [0.15, 0.2) is 30.5 Å². The Labute approximate surface area is 102 Å². The van der Waals surface area contributed by atoms with E-state index in [9.17, 15) is 0 Å². The lowest BCUT2D eigenvalue weighted by atomic mass is 10.0. The van der Waals surface area contributed by atoms with Crippen molar-refractivity contribution >= 4 is 10.9 Å². The van der Waals surface area contributed by atoms with Crippen LogP contribution in [0.4, 0.5) is 0 Å². The molecule has 0 fully saturated rings. The van der Waals surface area contributed by atoms with Gasteiger partial charge in [0.05, 0.1) is 0 Å². The van der Waals surface area contributed by atoms with Crippen molar-refractivity contribution in [3.8, 4) is 0 Å². The van der Waals surface area contributed by atoms with Gasteiger partial charge in [-0.25, -0.2) is 0 Å². The Kier molecular flexibility index (Phi) is 3.50. The molecule has 17 heavy (non-hydrogen) atoms. The second-order valence-corrected chi connectivity index (χ2v) is 5.07. The van der Waals surface area contributed by atoms with Crippen molar-refractivity contribution in [3.63, 3.8) is 0 Å². The average molecular weight is 232 g/mol. The molecule has 1 aromatic carbocycles. The molecule has 2 rings (SSSR count). The highest BCUT2D eigenvalue weighted by Gasteiger charge is 2.16. The molecule has 0 aliphatic carbocycles. The molecule has 0 spiro atoms. The predicted molar refractivity (Wildman–Crippen MR) is 70.9 cm³/mol. The van der Waals surface area contributed by atoms with E-state index in [1.54, 1.807) is 0 Å². The first kappa shape index (κ1) is 12.1. The minimum atomic E-state index is -0.0382. The Hall–Kier alpha value is -1.32. The summed E-state index contributed by atoms with van der Waals surface area (Å²) in [4.78, 5) is 3.27. The Morgan fingerprint density at radius 3 is 2.88 bits per heavy atom. The Morgan fingerprint density at radius 2 is 2.12 bits per heavy atom. The van der Waals surface area contributed by atoms with E-state index in [1.807, 2.05) is 6.20 Å². The number of aliphatic hydroxyl groups excluding tert-OH is 1. The lowest BCUT2D eigenvalue weighted by Gasteiger charge is -2.25. The zero-order chi connectivity index (χ0) is 12.3. The van der Waals surface area contributed by atoms with Gasteiger partial charge >= 0.3 is 0 Å². The largest absolute Gasteiger partial charge is 0.396 e. The molecule has 1 aromatic heterocycles. The first-order valence-corrected chi connectivity index (χ1v) is 6.03. The first-order chi connectivity index (χ1) is 8.12. The van der Waals surface area contributed by atoms with Crippen LogP contribution in [-0.4, -0.2) is 22.2 Å². The monoisotopic (exact) mass is 232 g/mol. The maximum absolute atomic E-state index is 8.99. The van der Waals surface area contributed by atoms with E-state index < -0.39 is 0 Å². The van der Waals surface area contributed by atoms with Gasteiger partial charge in [0.1, 0.15) is 0 Å². The number of fused-ring (bicyclic) bond motifs is 1. The number of nitrogens with one attached hydrogen (secondary N) is 2. The summed E-state index contributed by atoms with van der Waals surface area (Å²) in [6.07, 6.45) is 2.72. The van der Waals surface area contributed by atoms with Crippen LogP contribution in [0.2, 0.25) is 0 Å². The number of H-pyrrole nitrogens is 1. The fourth-order valence-electron chi connectivity index (χ4n) is 2.00. The van der Waals surface area contributed by atoms with Gasteiger partial charge in [0.15, 0.2) is 0 Å². The van der Waals surface area contributed by atoms with Crippen molar-refractivity contribution in [2.45, 2.75) is 32.4 Å². The summed E-state index contributed by atoms with van der Waals surface area (Å²) in [5.74, 6) is 0. The molecule has 3 N–H and O–H groups in total. The van der Waals surface area contributed by atoms with E-state index in [-0.39, 0.29) is 12.1 Å². The number of para-hydroxylation sites is 1. The van der Waals surface area contributed by atoms with Crippen molar-refractivity contribution < 1.29 is 5.11 Å². The quantitative estimate of drug-likeness (QED) is 0.741. The topological polar surface area (TPSA) is 48.0 Å². The van der Waals surface area contributed by atoms with Gasteiger partial charge in [0.2, 0.25) is 0 Å². The zero-order valence-electron chi connectivity index (χ0n) is 10.5. The molecule has 0 aliphatic rings. The van der Waals surface area contributed by atoms with Gasteiger partial charge in [-0.1, -0.05) is 18.2 Å². The summed E-state index contributed by atoms with van der Waals surface area (Å²) in [7, 11) is 0.